The first-order valence-corrected chi connectivity index (χ1v) is 6.11. The van der Waals surface area contributed by atoms with Crippen molar-refractivity contribution in [3.63, 3.8) is 0 Å². The Bertz CT molecular complexity index is 609. The Hall–Kier alpha value is -2.65. The van der Waals surface area contributed by atoms with Crippen LogP contribution in [0.2, 0.25) is 0 Å². The van der Waals surface area contributed by atoms with Gasteiger partial charge in [0, 0.05) is 23.9 Å². The summed E-state index contributed by atoms with van der Waals surface area (Å²) in [5, 5.41) is 18.8. The normalized spacial score (nSPS) is 9.65. The Kier molecular flexibility index (Phi) is 4.87. The molecule has 1 amide bonds. The number of aliphatic hydroxyl groups excluding tert-OH is 1. The third-order valence-electron chi connectivity index (χ3n) is 2.52. The van der Waals surface area contributed by atoms with Crippen molar-refractivity contribution in [1.29, 1.82) is 0 Å². The summed E-state index contributed by atoms with van der Waals surface area (Å²) in [6, 6.07) is 7.12. The molecule has 0 bridgehead atoms. The summed E-state index contributed by atoms with van der Waals surface area (Å²) in [6.45, 7) is 0.326. The van der Waals surface area contributed by atoms with Gasteiger partial charge >= 0.3 is 0 Å². The highest BCUT2D eigenvalue weighted by Gasteiger charge is 2.03. The quantitative estimate of drug-likeness (QED) is 0.799. The first kappa shape index (κ1) is 13.8. The van der Waals surface area contributed by atoms with Gasteiger partial charge in [-0.1, -0.05) is 17.1 Å². The number of nitrogens with zero attached hydrogens (tertiary/aromatic N) is 3. The zero-order valence-corrected chi connectivity index (χ0v) is 10.8. The number of anilines is 1. The number of amides is 1. The van der Waals surface area contributed by atoms with E-state index in [2.05, 4.69) is 27.5 Å². The van der Waals surface area contributed by atoms with Crippen LogP contribution in [0.15, 0.2) is 36.7 Å². The van der Waals surface area contributed by atoms with E-state index in [1.165, 1.54) is 0 Å². The van der Waals surface area contributed by atoms with Gasteiger partial charge in [0.25, 0.3) is 0 Å². The summed E-state index contributed by atoms with van der Waals surface area (Å²) in [7, 11) is 0. The van der Waals surface area contributed by atoms with Crippen LogP contribution < -0.4 is 5.32 Å². The highest BCUT2D eigenvalue weighted by atomic mass is 16.2. The second kappa shape index (κ2) is 7.07. The van der Waals surface area contributed by atoms with Crippen LogP contribution in [0.1, 0.15) is 12.0 Å². The van der Waals surface area contributed by atoms with Crippen LogP contribution in [-0.2, 0) is 11.3 Å². The van der Waals surface area contributed by atoms with Crippen LogP contribution in [0.4, 0.5) is 5.69 Å². The summed E-state index contributed by atoms with van der Waals surface area (Å²) < 4.78 is 1.60. The molecular weight excluding hydrogens is 256 g/mol. The minimum absolute atomic E-state index is 0.0882. The zero-order valence-electron chi connectivity index (χ0n) is 10.8. The second-order valence-corrected chi connectivity index (χ2v) is 4.00. The Morgan fingerprint density at radius 1 is 1.35 bits per heavy atom. The summed E-state index contributed by atoms with van der Waals surface area (Å²) in [6.07, 6.45) is 3.61. The zero-order chi connectivity index (χ0) is 14.2. The molecule has 0 saturated heterocycles. The van der Waals surface area contributed by atoms with Gasteiger partial charge in [-0.3, -0.25) is 9.48 Å². The molecule has 0 aliphatic rings. The number of carbonyl (C=O) groups is 1. The van der Waals surface area contributed by atoms with Crippen molar-refractivity contribution in [3.8, 4) is 11.8 Å². The van der Waals surface area contributed by atoms with Gasteiger partial charge in [0.15, 0.2) is 0 Å². The maximum atomic E-state index is 11.7. The van der Waals surface area contributed by atoms with Crippen LogP contribution in [0, 0.1) is 11.8 Å². The first-order valence-electron chi connectivity index (χ1n) is 6.11. The number of hydrogen-bond donors (Lipinski definition) is 2. The van der Waals surface area contributed by atoms with Crippen molar-refractivity contribution >= 4 is 11.6 Å². The lowest BCUT2D eigenvalue weighted by molar-refractivity contribution is -0.116. The molecule has 102 valence electrons. The molecular formula is C14H14N4O2. The van der Waals surface area contributed by atoms with Crippen LogP contribution in [-0.4, -0.2) is 32.6 Å². The molecule has 0 radical (unpaired) electrons. The largest absolute Gasteiger partial charge is 0.384 e. The number of benzene rings is 1. The Morgan fingerprint density at radius 2 is 2.15 bits per heavy atom. The summed E-state index contributed by atoms with van der Waals surface area (Å²) in [4.78, 5) is 11.7. The second-order valence-electron chi connectivity index (χ2n) is 4.00. The molecule has 2 rings (SSSR count). The third-order valence-corrected chi connectivity index (χ3v) is 2.52. The van der Waals surface area contributed by atoms with E-state index in [1.807, 2.05) is 0 Å². The molecule has 0 aliphatic carbocycles. The van der Waals surface area contributed by atoms with E-state index in [0.29, 0.717) is 18.7 Å². The minimum atomic E-state index is -0.166. The summed E-state index contributed by atoms with van der Waals surface area (Å²) >= 11 is 0. The van der Waals surface area contributed by atoms with Gasteiger partial charge in [-0.05, 0) is 24.3 Å². The fraction of sp³-hybridized carbons (Fsp3) is 0.214. The average molecular weight is 270 g/mol. The van der Waals surface area contributed by atoms with Crippen molar-refractivity contribution < 1.29 is 9.90 Å². The molecule has 0 fully saturated rings. The fourth-order valence-corrected chi connectivity index (χ4v) is 1.57. The van der Waals surface area contributed by atoms with Crippen molar-refractivity contribution in [1.82, 2.24) is 15.0 Å². The third kappa shape index (κ3) is 4.23. The van der Waals surface area contributed by atoms with Gasteiger partial charge in [-0.2, -0.15) is 0 Å². The van der Waals surface area contributed by atoms with Gasteiger partial charge < -0.3 is 10.4 Å². The molecule has 0 spiro atoms. The van der Waals surface area contributed by atoms with Gasteiger partial charge in [-0.15, -0.1) is 5.10 Å². The molecule has 6 heteroatoms. The predicted octanol–water partition coefficient (Wildman–Crippen LogP) is 0.651. The van der Waals surface area contributed by atoms with Crippen LogP contribution in [0.5, 0.6) is 0 Å². The maximum absolute atomic E-state index is 11.7. The van der Waals surface area contributed by atoms with E-state index >= 15 is 0 Å². The van der Waals surface area contributed by atoms with Crippen molar-refractivity contribution in [2.75, 3.05) is 11.9 Å². The van der Waals surface area contributed by atoms with Gasteiger partial charge in [-0.25, -0.2) is 0 Å². The Labute approximate surface area is 116 Å². The number of aliphatic hydroxyl groups is 1. The number of hydrogen-bond acceptors (Lipinski definition) is 4. The molecule has 1 heterocycles. The van der Waals surface area contributed by atoms with Gasteiger partial charge in [0.2, 0.25) is 5.91 Å². The van der Waals surface area contributed by atoms with E-state index in [1.54, 1.807) is 41.3 Å². The minimum Gasteiger partial charge on any atom is -0.384 e. The van der Waals surface area contributed by atoms with Crippen LogP contribution in [0.3, 0.4) is 0 Å². The standard InChI is InChI=1S/C14H14N4O2/c19-11-1-2-12-3-5-13(6-4-12)16-14(20)7-9-18-10-8-15-17-18/h3-6,8,10,19H,7,9,11H2,(H,16,20). The smallest absolute Gasteiger partial charge is 0.226 e. The molecule has 6 nitrogen and oxygen atoms in total. The molecule has 1 aromatic carbocycles. The van der Waals surface area contributed by atoms with E-state index in [4.69, 9.17) is 5.11 Å². The van der Waals surface area contributed by atoms with Crippen molar-refractivity contribution in [3.05, 3.63) is 42.2 Å². The lowest BCUT2D eigenvalue weighted by atomic mass is 10.2. The van der Waals surface area contributed by atoms with Crippen LogP contribution >= 0.6 is 0 Å². The topological polar surface area (TPSA) is 80.0 Å². The molecule has 0 aliphatic heterocycles. The average Bonchev–Trinajstić information content (AvgIpc) is 2.98. The van der Waals surface area contributed by atoms with E-state index < -0.39 is 0 Å². The number of aromatic nitrogens is 3. The van der Waals surface area contributed by atoms with Crippen molar-refractivity contribution in [2.45, 2.75) is 13.0 Å². The molecule has 0 atom stereocenters. The fourth-order valence-electron chi connectivity index (χ4n) is 1.57. The lowest BCUT2D eigenvalue weighted by Gasteiger charge is -2.05. The SMILES string of the molecule is O=C(CCn1ccnn1)Nc1ccc(C#CCO)cc1. The highest BCUT2D eigenvalue weighted by Crippen LogP contribution is 2.09. The molecule has 0 saturated carbocycles. The van der Waals surface area contributed by atoms with Crippen LogP contribution in [0.25, 0.3) is 0 Å². The number of carbonyl (C=O) groups excluding carboxylic acids is 1. The monoisotopic (exact) mass is 270 g/mol. The Balaban J connectivity index is 1.84. The van der Waals surface area contributed by atoms with Gasteiger partial charge in [0.1, 0.15) is 6.61 Å². The molecule has 0 unspecified atom stereocenters. The number of aryl methyl sites for hydroxylation is 1. The molecule has 1 aromatic heterocycles. The Morgan fingerprint density at radius 3 is 2.80 bits per heavy atom. The molecule has 2 N–H and O–H groups in total. The lowest BCUT2D eigenvalue weighted by Crippen LogP contribution is -2.14. The predicted molar refractivity (Wildman–Crippen MR) is 73.7 cm³/mol. The first-order chi connectivity index (χ1) is 9.78. The number of rotatable bonds is 4. The van der Waals surface area contributed by atoms with Crippen molar-refractivity contribution in [2.24, 2.45) is 0 Å². The summed E-state index contributed by atoms with van der Waals surface area (Å²) in [5.41, 5.74) is 1.50. The van der Waals surface area contributed by atoms with E-state index in [9.17, 15) is 4.79 Å². The van der Waals surface area contributed by atoms with Gasteiger partial charge in [0.05, 0.1) is 12.7 Å². The van der Waals surface area contributed by atoms with E-state index in [-0.39, 0.29) is 12.5 Å². The highest BCUT2D eigenvalue weighted by molar-refractivity contribution is 5.90. The number of nitrogens with one attached hydrogen (secondary N) is 1. The molecule has 2 aromatic rings. The maximum Gasteiger partial charge on any atom is 0.226 e. The van der Waals surface area contributed by atoms with E-state index in [0.717, 1.165) is 5.56 Å². The summed E-state index contributed by atoms with van der Waals surface area (Å²) in [5.74, 6) is 5.26. The molecule has 20 heavy (non-hydrogen) atoms.